The smallest absolute Gasteiger partial charge is 0.240 e. The van der Waals surface area contributed by atoms with Gasteiger partial charge >= 0.3 is 0 Å². The molecule has 2 N–H and O–H groups in total. The Kier molecular flexibility index (Phi) is 3.46. The number of benzene rings is 1. The van der Waals surface area contributed by atoms with Crippen LogP contribution in [-0.2, 0) is 17.8 Å². The van der Waals surface area contributed by atoms with E-state index in [0.717, 1.165) is 13.0 Å². The maximum absolute atomic E-state index is 12.0. The second kappa shape index (κ2) is 5.03. The molecule has 0 aromatic heterocycles. The third-order valence-corrected chi connectivity index (χ3v) is 3.10. The zero-order valence-corrected chi connectivity index (χ0v) is 9.73. The lowest BCUT2D eigenvalue weighted by atomic mass is 9.99. The minimum Gasteiger partial charge on any atom is -0.337 e. The second-order valence-electron chi connectivity index (χ2n) is 4.29. The molecule has 0 fully saturated rings. The van der Waals surface area contributed by atoms with Crippen LogP contribution in [0.5, 0.6) is 0 Å². The molecule has 3 heteroatoms. The Morgan fingerprint density at radius 2 is 2.18 bits per heavy atom. The first-order valence-corrected chi connectivity index (χ1v) is 5.77. The number of rotatable bonds is 2. The summed E-state index contributed by atoms with van der Waals surface area (Å²) in [7, 11) is 0. The minimum absolute atomic E-state index is 0.0440. The van der Waals surface area contributed by atoms with Gasteiger partial charge in [0, 0.05) is 19.5 Å². The highest BCUT2D eigenvalue weighted by molar-refractivity contribution is 5.82. The van der Waals surface area contributed by atoms with Gasteiger partial charge in [-0.25, -0.2) is 0 Å². The van der Waals surface area contributed by atoms with Crippen molar-refractivity contribution >= 4 is 5.91 Å². The number of hydrogen-bond donors (Lipinski definition) is 1. The van der Waals surface area contributed by atoms with Crippen molar-refractivity contribution in [2.75, 3.05) is 6.54 Å². The molecule has 1 atom stereocenters. The van der Waals surface area contributed by atoms with Gasteiger partial charge in [-0.2, -0.15) is 0 Å². The maximum atomic E-state index is 12.0. The third kappa shape index (κ3) is 2.48. The lowest BCUT2D eigenvalue weighted by Gasteiger charge is -2.30. The van der Waals surface area contributed by atoms with Crippen LogP contribution in [-0.4, -0.2) is 23.4 Å². The number of carbonyl (C=O) groups excluding carboxylic acids is 1. The van der Waals surface area contributed by atoms with E-state index in [-0.39, 0.29) is 5.91 Å². The average Bonchev–Trinajstić information content (AvgIpc) is 2.37. The van der Waals surface area contributed by atoms with Crippen molar-refractivity contribution in [2.45, 2.75) is 25.4 Å². The fourth-order valence-electron chi connectivity index (χ4n) is 2.13. The number of amides is 1. The predicted molar refractivity (Wildman–Crippen MR) is 67.0 cm³/mol. The first kappa shape index (κ1) is 11.7. The molecule has 1 aliphatic heterocycles. The number of hydrogen-bond acceptors (Lipinski definition) is 2. The summed E-state index contributed by atoms with van der Waals surface area (Å²) in [5, 5.41) is 0. The molecular formula is C14H16N2O. The summed E-state index contributed by atoms with van der Waals surface area (Å²) in [6.45, 7) is 1.38. The van der Waals surface area contributed by atoms with E-state index < -0.39 is 6.04 Å². The van der Waals surface area contributed by atoms with Gasteiger partial charge in [-0.15, -0.1) is 12.3 Å². The lowest BCUT2D eigenvalue weighted by molar-refractivity contribution is -0.133. The highest BCUT2D eigenvalue weighted by atomic mass is 16.2. The molecule has 88 valence electrons. The van der Waals surface area contributed by atoms with E-state index in [1.54, 1.807) is 4.90 Å². The van der Waals surface area contributed by atoms with E-state index in [9.17, 15) is 4.79 Å². The van der Waals surface area contributed by atoms with Crippen LogP contribution in [0.1, 0.15) is 17.5 Å². The average molecular weight is 228 g/mol. The number of nitrogens with two attached hydrogens (primary N) is 1. The van der Waals surface area contributed by atoms with Crippen molar-refractivity contribution in [1.82, 2.24) is 4.90 Å². The Morgan fingerprint density at radius 1 is 1.47 bits per heavy atom. The summed E-state index contributed by atoms with van der Waals surface area (Å²) in [6, 6.07) is 7.62. The Hall–Kier alpha value is -1.79. The van der Waals surface area contributed by atoms with Gasteiger partial charge in [0.05, 0.1) is 6.04 Å². The van der Waals surface area contributed by atoms with E-state index in [0.29, 0.717) is 13.0 Å². The van der Waals surface area contributed by atoms with Crippen molar-refractivity contribution in [2.24, 2.45) is 5.73 Å². The van der Waals surface area contributed by atoms with Crippen LogP contribution in [0.15, 0.2) is 24.3 Å². The van der Waals surface area contributed by atoms with Crippen LogP contribution in [0.25, 0.3) is 0 Å². The molecule has 0 spiro atoms. The Bertz CT molecular complexity index is 462. The molecule has 1 aromatic carbocycles. The van der Waals surface area contributed by atoms with Gasteiger partial charge < -0.3 is 10.6 Å². The van der Waals surface area contributed by atoms with Gasteiger partial charge in [-0.05, 0) is 17.5 Å². The van der Waals surface area contributed by atoms with Crippen LogP contribution in [0, 0.1) is 12.3 Å². The molecule has 0 saturated carbocycles. The largest absolute Gasteiger partial charge is 0.337 e. The Labute approximate surface area is 102 Å². The zero-order valence-electron chi connectivity index (χ0n) is 9.73. The van der Waals surface area contributed by atoms with Crippen molar-refractivity contribution in [1.29, 1.82) is 0 Å². The normalized spacial score (nSPS) is 15.9. The van der Waals surface area contributed by atoms with Crippen molar-refractivity contribution < 1.29 is 4.79 Å². The molecule has 1 unspecified atom stereocenters. The van der Waals surface area contributed by atoms with E-state index in [1.165, 1.54) is 11.1 Å². The van der Waals surface area contributed by atoms with E-state index in [2.05, 4.69) is 18.1 Å². The fourth-order valence-corrected chi connectivity index (χ4v) is 2.13. The summed E-state index contributed by atoms with van der Waals surface area (Å²) < 4.78 is 0. The van der Waals surface area contributed by atoms with Gasteiger partial charge in [0.2, 0.25) is 5.91 Å². The van der Waals surface area contributed by atoms with Gasteiger partial charge in [-0.3, -0.25) is 4.79 Å². The number of nitrogens with zero attached hydrogens (tertiary/aromatic N) is 1. The minimum atomic E-state index is -0.565. The maximum Gasteiger partial charge on any atom is 0.240 e. The predicted octanol–water partition coefficient (Wildman–Crippen LogP) is 0.922. The van der Waals surface area contributed by atoms with Crippen LogP contribution < -0.4 is 5.73 Å². The molecule has 1 amide bonds. The van der Waals surface area contributed by atoms with Gasteiger partial charge in [0.25, 0.3) is 0 Å². The Morgan fingerprint density at radius 3 is 2.88 bits per heavy atom. The molecule has 3 nitrogen and oxygen atoms in total. The quantitative estimate of drug-likeness (QED) is 0.765. The number of carbonyl (C=O) groups is 1. The van der Waals surface area contributed by atoms with Crippen LogP contribution in [0.4, 0.5) is 0 Å². The summed E-state index contributed by atoms with van der Waals surface area (Å²) in [5.74, 6) is 2.39. The van der Waals surface area contributed by atoms with E-state index in [1.807, 2.05) is 12.1 Å². The number of fused-ring (bicyclic) bond motifs is 1. The highest BCUT2D eigenvalue weighted by Gasteiger charge is 2.24. The summed E-state index contributed by atoms with van der Waals surface area (Å²) >= 11 is 0. The molecule has 1 heterocycles. The standard InChI is InChI=1S/C14H16N2O/c1-2-5-13(15)14(17)16-9-8-11-6-3-4-7-12(11)10-16/h1,3-4,6-7,13H,5,8-10,15H2. The van der Waals surface area contributed by atoms with Crippen molar-refractivity contribution in [3.63, 3.8) is 0 Å². The van der Waals surface area contributed by atoms with Gasteiger partial charge in [-0.1, -0.05) is 24.3 Å². The van der Waals surface area contributed by atoms with Crippen LogP contribution in [0.3, 0.4) is 0 Å². The van der Waals surface area contributed by atoms with Crippen LogP contribution >= 0.6 is 0 Å². The monoisotopic (exact) mass is 228 g/mol. The molecule has 0 aliphatic carbocycles. The van der Waals surface area contributed by atoms with Gasteiger partial charge in [0.15, 0.2) is 0 Å². The third-order valence-electron chi connectivity index (χ3n) is 3.10. The zero-order chi connectivity index (χ0) is 12.3. The fraction of sp³-hybridized carbons (Fsp3) is 0.357. The summed E-state index contributed by atoms with van der Waals surface area (Å²) in [5.41, 5.74) is 8.27. The SMILES string of the molecule is C#CCC(N)C(=O)N1CCc2ccccc2C1. The molecule has 0 radical (unpaired) electrons. The Balaban J connectivity index is 2.08. The second-order valence-corrected chi connectivity index (χ2v) is 4.29. The van der Waals surface area contributed by atoms with E-state index >= 15 is 0 Å². The first-order valence-electron chi connectivity index (χ1n) is 5.77. The molecule has 2 rings (SSSR count). The topological polar surface area (TPSA) is 46.3 Å². The summed E-state index contributed by atoms with van der Waals surface area (Å²) in [4.78, 5) is 13.8. The molecule has 1 aromatic rings. The van der Waals surface area contributed by atoms with E-state index in [4.69, 9.17) is 12.2 Å². The summed E-state index contributed by atoms with van der Waals surface area (Å²) in [6.07, 6.45) is 6.37. The van der Waals surface area contributed by atoms with Crippen molar-refractivity contribution in [3.05, 3.63) is 35.4 Å². The molecule has 0 saturated heterocycles. The first-order chi connectivity index (χ1) is 8.22. The molecule has 1 aliphatic rings. The van der Waals surface area contributed by atoms with Gasteiger partial charge in [0.1, 0.15) is 0 Å². The molecule has 17 heavy (non-hydrogen) atoms. The van der Waals surface area contributed by atoms with Crippen molar-refractivity contribution in [3.8, 4) is 12.3 Å². The lowest BCUT2D eigenvalue weighted by Crippen LogP contribution is -2.45. The molecule has 0 bridgehead atoms. The number of terminal acetylenes is 1. The highest BCUT2D eigenvalue weighted by Crippen LogP contribution is 2.18. The van der Waals surface area contributed by atoms with Crippen LogP contribution in [0.2, 0.25) is 0 Å². The molecular weight excluding hydrogens is 212 g/mol.